The van der Waals surface area contributed by atoms with E-state index < -0.39 is 17.8 Å². The van der Waals surface area contributed by atoms with Crippen LogP contribution in [0.25, 0.3) is 0 Å². The van der Waals surface area contributed by atoms with Crippen molar-refractivity contribution >= 4 is 29.4 Å². The molecule has 2 aromatic carbocycles. The van der Waals surface area contributed by atoms with E-state index in [0.29, 0.717) is 11.1 Å². The summed E-state index contributed by atoms with van der Waals surface area (Å²) >= 11 is 0. The van der Waals surface area contributed by atoms with Crippen LogP contribution in [0.4, 0.5) is 5.69 Å². The Morgan fingerprint density at radius 3 is 2.19 bits per heavy atom. The topological polar surface area (TPSA) is 92.8 Å². The van der Waals surface area contributed by atoms with Crippen molar-refractivity contribution < 1.29 is 23.9 Å². The lowest BCUT2D eigenvalue weighted by Gasteiger charge is -2.16. The Bertz CT molecular complexity index is 989. The Balaban J connectivity index is 1.39. The molecular formula is C24H24N2O5. The van der Waals surface area contributed by atoms with Crippen LogP contribution in [0, 0.1) is 0 Å². The molecule has 0 spiro atoms. The van der Waals surface area contributed by atoms with Gasteiger partial charge in [-0.15, -0.1) is 0 Å². The molecule has 2 aliphatic rings. The number of amides is 3. The fraction of sp³-hybridized carbons (Fsp3) is 0.333. The highest BCUT2D eigenvalue weighted by molar-refractivity contribution is 6.34. The highest BCUT2D eigenvalue weighted by Crippen LogP contribution is 2.28. The van der Waals surface area contributed by atoms with Gasteiger partial charge >= 0.3 is 5.97 Å². The summed E-state index contributed by atoms with van der Waals surface area (Å²) in [6.07, 6.45) is 6.45. The van der Waals surface area contributed by atoms with Gasteiger partial charge in [0.1, 0.15) is 0 Å². The first-order valence-electron chi connectivity index (χ1n) is 10.6. The second-order valence-corrected chi connectivity index (χ2v) is 7.87. The molecule has 4 rings (SSSR count). The predicted molar refractivity (Wildman–Crippen MR) is 114 cm³/mol. The van der Waals surface area contributed by atoms with Gasteiger partial charge in [-0.25, -0.2) is 9.69 Å². The fourth-order valence-electron chi connectivity index (χ4n) is 4.10. The van der Waals surface area contributed by atoms with E-state index in [1.54, 1.807) is 36.4 Å². The average Bonchev–Trinajstić information content (AvgIpc) is 2.94. The standard InChI is InChI=1S/C24H24N2O5/c27-21(25-17-9-3-1-2-4-10-17)15-31-24(30)16-8-7-11-18(14-16)26-22(28)19-12-5-6-13-20(19)23(26)29/h5-8,11-14,17H,1-4,9-10,15H2,(H,25,27). The second-order valence-electron chi connectivity index (χ2n) is 7.87. The lowest BCUT2D eigenvalue weighted by atomic mass is 10.1. The van der Waals surface area contributed by atoms with Gasteiger partial charge in [-0.1, -0.05) is 43.9 Å². The Morgan fingerprint density at radius 1 is 0.903 bits per heavy atom. The maximum Gasteiger partial charge on any atom is 0.338 e. The molecule has 0 bridgehead atoms. The second kappa shape index (κ2) is 9.12. The number of imide groups is 1. The van der Waals surface area contributed by atoms with Crippen molar-refractivity contribution in [3.8, 4) is 0 Å². The summed E-state index contributed by atoms with van der Waals surface area (Å²) in [5.74, 6) is -1.88. The fourth-order valence-corrected chi connectivity index (χ4v) is 4.10. The normalized spacial score (nSPS) is 16.6. The summed E-state index contributed by atoms with van der Waals surface area (Å²) in [6, 6.07) is 12.8. The number of esters is 1. The molecule has 31 heavy (non-hydrogen) atoms. The first-order chi connectivity index (χ1) is 15.0. The highest BCUT2D eigenvalue weighted by Gasteiger charge is 2.36. The molecule has 1 N–H and O–H groups in total. The first kappa shape index (κ1) is 20.8. The maximum absolute atomic E-state index is 12.7. The summed E-state index contributed by atoms with van der Waals surface area (Å²) in [7, 11) is 0. The monoisotopic (exact) mass is 420 g/mol. The van der Waals surface area contributed by atoms with Crippen molar-refractivity contribution in [3.63, 3.8) is 0 Å². The maximum atomic E-state index is 12.7. The number of nitrogens with one attached hydrogen (secondary N) is 1. The Labute approximate surface area is 180 Å². The lowest BCUT2D eigenvalue weighted by molar-refractivity contribution is -0.125. The van der Waals surface area contributed by atoms with Gasteiger partial charge < -0.3 is 10.1 Å². The van der Waals surface area contributed by atoms with Crippen molar-refractivity contribution in [2.24, 2.45) is 0 Å². The van der Waals surface area contributed by atoms with E-state index in [1.807, 2.05) is 0 Å². The number of hydrogen-bond donors (Lipinski definition) is 1. The predicted octanol–water partition coefficient (Wildman–Crippen LogP) is 3.48. The minimum atomic E-state index is -0.686. The first-order valence-corrected chi connectivity index (χ1v) is 10.6. The third kappa shape index (κ3) is 4.50. The minimum Gasteiger partial charge on any atom is -0.452 e. The zero-order valence-corrected chi connectivity index (χ0v) is 17.1. The van der Waals surface area contributed by atoms with Crippen LogP contribution in [0.1, 0.15) is 69.6 Å². The van der Waals surface area contributed by atoms with E-state index >= 15 is 0 Å². The third-order valence-corrected chi connectivity index (χ3v) is 5.69. The quantitative estimate of drug-likeness (QED) is 0.454. The molecule has 7 heteroatoms. The average molecular weight is 420 g/mol. The molecule has 0 radical (unpaired) electrons. The molecule has 1 saturated carbocycles. The van der Waals surface area contributed by atoms with Gasteiger partial charge in [-0.3, -0.25) is 14.4 Å². The molecule has 0 unspecified atom stereocenters. The van der Waals surface area contributed by atoms with Crippen LogP contribution >= 0.6 is 0 Å². The molecule has 0 saturated heterocycles. The third-order valence-electron chi connectivity index (χ3n) is 5.69. The minimum absolute atomic E-state index is 0.130. The van der Waals surface area contributed by atoms with Crippen LogP contribution in [0.15, 0.2) is 48.5 Å². The van der Waals surface area contributed by atoms with Crippen molar-refractivity contribution in [3.05, 3.63) is 65.2 Å². The van der Waals surface area contributed by atoms with Crippen LogP contribution in [0.2, 0.25) is 0 Å². The van der Waals surface area contributed by atoms with Crippen LogP contribution < -0.4 is 10.2 Å². The Morgan fingerprint density at radius 2 is 1.55 bits per heavy atom. The number of carbonyl (C=O) groups excluding carboxylic acids is 4. The van der Waals surface area contributed by atoms with Crippen LogP contribution in [0.5, 0.6) is 0 Å². The summed E-state index contributed by atoms with van der Waals surface area (Å²) in [5, 5.41) is 2.93. The molecule has 7 nitrogen and oxygen atoms in total. The van der Waals surface area contributed by atoms with E-state index in [4.69, 9.17) is 4.74 Å². The lowest BCUT2D eigenvalue weighted by Crippen LogP contribution is -2.37. The zero-order chi connectivity index (χ0) is 21.8. The van der Waals surface area contributed by atoms with E-state index in [9.17, 15) is 19.2 Å². The SMILES string of the molecule is O=C(COC(=O)c1cccc(N2C(=O)c3ccccc3C2=O)c1)NC1CCCCCC1. The molecule has 1 aliphatic carbocycles. The van der Waals surface area contributed by atoms with Gasteiger partial charge in [0.15, 0.2) is 6.61 Å². The smallest absolute Gasteiger partial charge is 0.338 e. The van der Waals surface area contributed by atoms with Gasteiger partial charge in [0, 0.05) is 6.04 Å². The van der Waals surface area contributed by atoms with Crippen molar-refractivity contribution in [2.45, 2.75) is 44.6 Å². The number of ether oxygens (including phenoxy) is 1. The summed E-state index contributed by atoms with van der Waals surface area (Å²) in [6.45, 7) is -0.368. The van der Waals surface area contributed by atoms with Crippen molar-refractivity contribution in [2.75, 3.05) is 11.5 Å². The number of anilines is 1. The number of rotatable bonds is 5. The summed E-state index contributed by atoms with van der Waals surface area (Å²) in [4.78, 5) is 51.0. The van der Waals surface area contributed by atoms with E-state index in [1.165, 1.54) is 25.0 Å². The molecular weight excluding hydrogens is 396 g/mol. The number of hydrogen-bond acceptors (Lipinski definition) is 5. The van der Waals surface area contributed by atoms with Gasteiger partial charge in [-0.2, -0.15) is 0 Å². The van der Waals surface area contributed by atoms with Crippen LogP contribution in [-0.4, -0.2) is 36.3 Å². The number of nitrogens with zero attached hydrogens (tertiary/aromatic N) is 1. The van der Waals surface area contributed by atoms with Crippen LogP contribution in [-0.2, 0) is 9.53 Å². The number of benzene rings is 2. The van der Waals surface area contributed by atoms with E-state index in [0.717, 1.165) is 30.6 Å². The molecule has 0 atom stereocenters. The van der Waals surface area contributed by atoms with Crippen LogP contribution in [0.3, 0.4) is 0 Å². The molecule has 3 amide bonds. The highest BCUT2D eigenvalue weighted by atomic mass is 16.5. The Kier molecular flexibility index (Phi) is 6.11. The summed E-state index contributed by atoms with van der Waals surface area (Å²) in [5.41, 5.74) is 1.10. The number of carbonyl (C=O) groups is 4. The molecule has 0 aromatic heterocycles. The molecule has 1 heterocycles. The number of fused-ring (bicyclic) bond motifs is 1. The molecule has 160 valence electrons. The van der Waals surface area contributed by atoms with Gasteiger partial charge in [0.2, 0.25) is 0 Å². The van der Waals surface area contributed by atoms with E-state index in [-0.39, 0.29) is 29.8 Å². The molecule has 1 aliphatic heterocycles. The van der Waals surface area contributed by atoms with E-state index in [2.05, 4.69) is 5.32 Å². The van der Waals surface area contributed by atoms with Crippen molar-refractivity contribution in [1.29, 1.82) is 0 Å². The summed E-state index contributed by atoms with van der Waals surface area (Å²) < 4.78 is 5.16. The molecule has 2 aromatic rings. The van der Waals surface area contributed by atoms with Gasteiger partial charge in [0.05, 0.1) is 22.4 Å². The zero-order valence-electron chi connectivity index (χ0n) is 17.1. The largest absolute Gasteiger partial charge is 0.452 e. The molecule has 1 fully saturated rings. The van der Waals surface area contributed by atoms with Crippen molar-refractivity contribution in [1.82, 2.24) is 5.32 Å². The Hall–Kier alpha value is -3.48. The van der Waals surface area contributed by atoms with Gasteiger partial charge in [-0.05, 0) is 43.2 Å². The van der Waals surface area contributed by atoms with Gasteiger partial charge in [0.25, 0.3) is 17.7 Å².